The average molecular weight is 478 g/mol. The van der Waals surface area contributed by atoms with Crippen LogP contribution in [0.25, 0.3) is 6.08 Å². The van der Waals surface area contributed by atoms with E-state index in [-0.39, 0.29) is 10.9 Å². The molecular weight excluding hydrogens is 458 g/mol. The molecule has 3 aromatic rings. The maximum absolute atomic E-state index is 12.6. The van der Waals surface area contributed by atoms with E-state index < -0.39 is 18.4 Å². The lowest BCUT2D eigenvalue weighted by Crippen LogP contribution is -2.33. The van der Waals surface area contributed by atoms with Gasteiger partial charge in [0.1, 0.15) is 34.7 Å². The van der Waals surface area contributed by atoms with Gasteiger partial charge >= 0.3 is 5.97 Å². The monoisotopic (exact) mass is 477 g/mol. The second-order valence-electron chi connectivity index (χ2n) is 7.05. The molecule has 0 saturated carbocycles. The third-order valence-electron chi connectivity index (χ3n) is 4.66. The predicted molar refractivity (Wildman–Crippen MR) is 131 cm³/mol. The SMILES string of the molecule is O=C(O)CN1C(=O)/C(=C/c2ccc(Oc3ccccc3)c(COc3ccccc3)c2)SC1=S. The van der Waals surface area contributed by atoms with Crippen LogP contribution in [0.2, 0.25) is 0 Å². The summed E-state index contributed by atoms with van der Waals surface area (Å²) < 4.78 is 12.2. The van der Waals surface area contributed by atoms with Crippen LogP contribution in [0, 0.1) is 0 Å². The highest BCUT2D eigenvalue weighted by atomic mass is 32.2. The molecule has 4 rings (SSSR count). The molecule has 8 heteroatoms. The van der Waals surface area contributed by atoms with Crippen molar-refractivity contribution < 1.29 is 24.2 Å². The summed E-state index contributed by atoms with van der Waals surface area (Å²) in [5.74, 6) is 0.519. The lowest BCUT2D eigenvalue weighted by molar-refractivity contribution is -0.140. The molecule has 166 valence electrons. The molecule has 1 heterocycles. The summed E-state index contributed by atoms with van der Waals surface area (Å²) in [6.45, 7) is -0.199. The molecule has 0 atom stereocenters. The van der Waals surface area contributed by atoms with Gasteiger partial charge in [0, 0.05) is 5.56 Å². The second kappa shape index (κ2) is 10.3. The quantitative estimate of drug-likeness (QED) is 0.346. The van der Waals surface area contributed by atoms with Gasteiger partial charge in [-0.2, -0.15) is 0 Å². The van der Waals surface area contributed by atoms with Crippen molar-refractivity contribution in [2.75, 3.05) is 6.54 Å². The molecule has 0 unspecified atom stereocenters. The normalized spacial score (nSPS) is 14.5. The van der Waals surface area contributed by atoms with Gasteiger partial charge in [-0.05, 0) is 48.0 Å². The Balaban J connectivity index is 1.61. The number of carbonyl (C=O) groups is 2. The summed E-state index contributed by atoms with van der Waals surface area (Å²) in [6.07, 6.45) is 1.69. The highest BCUT2D eigenvalue weighted by molar-refractivity contribution is 8.26. The summed E-state index contributed by atoms with van der Waals surface area (Å²) in [5.41, 5.74) is 1.54. The van der Waals surface area contributed by atoms with Gasteiger partial charge < -0.3 is 14.6 Å². The summed E-state index contributed by atoms with van der Waals surface area (Å²) in [6, 6.07) is 24.4. The lowest BCUT2D eigenvalue weighted by Gasteiger charge is -2.13. The van der Waals surface area contributed by atoms with E-state index >= 15 is 0 Å². The molecule has 0 radical (unpaired) electrons. The molecule has 0 aromatic heterocycles. The van der Waals surface area contributed by atoms with Crippen molar-refractivity contribution in [3.05, 3.63) is 94.9 Å². The number of carboxylic acids is 1. The number of carbonyl (C=O) groups excluding carboxylic acids is 1. The summed E-state index contributed by atoms with van der Waals surface area (Å²) >= 11 is 6.25. The van der Waals surface area contributed by atoms with E-state index in [0.717, 1.165) is 33.5 Å². The van der Waals surface area contributed by atoms with Crippen LogP contribution < -0.4 is 9.47 Å². The van der Waals surface area contributed by atoms with Crippen LogP contribution in [0.4, 0.5) is 0 Å². The summed E-state index contributed by atoms with van der Waals surface area (Å²) in [4.78, 5) is 25.1. The van der Waals surface area contributed by atoms with Crippen molar-refractivity contribution in [1.82, 2.24) is 4.90 Å². The average Bonchev–Trinajstić information content (AvgIpc) is 3.07. The Morgan fingerprint density at radius 3 is 2.33 bits per heavy atom. The van der Waals surface area contributed by atoms with Gasteiger partial charge in [0.25, 0.3) is 5.91 Å². The number of nitrogens with zero attached hydrogens (tertiary/aromatic N) is 1. The fraction of sp³-hybridized carbons (Fsp3) is 0.0800. The number of rotatable bonds is 8. The number of para-hydroxylation sites is 2. The first-order chi connectivity index (χ1) is 16.0. The van der Waals surface area contributed by atoms with Gasteiger partial charge in [0.05, 0.1) is 4.91 Å². The number of hydrogen-bond acceptors (Lipinski definition) is 6. The highest BCUT2D eigenvalue weighted by Crippen LogP contribution is 2.34. The molecule has 0 aliphatic carbocycles. The van der Waals surface area contributed by atoms with Crippen molar-refractivity contribution in [3.8, 4) is 17.2 Å². The van der Waals surface area contributed by atoms with Crippen molar-refractivity contribution in [3.63, 3.8) is 0 Å². The minimum absolute atomic E-state index is 0.227. The number of thioether (sulfide) groups is 1. The number of ether oxygens (including phenoxy) is 2. The first kappa shape index (κ1) is 22.6. The molecule has 33 heavy (non-hydrogen) atoms. The smallest absolute Gasteiger partial charge is 0.323 e. The molecular formula is C25H19NO5S2. The number of aliphatic carboxylic acids is 1. The van der Waals surface area contributed by atoms with Gasteiger partial charge in [0.15, 0.2) is 0 Å². The molecule has 1 aliphatic heterocycles. The Labute approximate surface area is 200 Å². The molecule has 0 spiro atoms. The maximum atomic E-state index is 12.6. The maximum Gasteiger partial charge on any atom is 0.323 e. The zero-order chi connectivity index (χ0) is 23.2. The zero-order valence-electron chi connectivity index (χ0n) is 17.3. The van der Waals surface area contributed by atoms with Crippen molar-refractivity contribution >= 4 is 46.3 Å². The second-order valence-corrected chi connectivity index (χ2v) is 8.72. The Morgan fingerprint density at radius 2 is 1.67 bits per heavy atom. The number of amides is 1. The third kappa shape index (κ3) is 5.79. The fourth-order valence-corrected chi connectivity index (χ4v) is 4.37. The largest absolute Gasteiger partial charge is 0.489 e. The van der Waals surface area contributed by atoms with E-state index in [1.165, 1.54) is 0 Å². The van der Waals surface area contributed by atoms with Crippen molar-refractivity contribution in [2.45, 2.75) is 6.61 Å². The number of thiocarbonyl (C=S) groups is 1. The fourth-order valence-electron chi connectivity index (χ4n) is 3.12. The topological polar surface area (TPSA) is 76.1 Å². The van der Waals surface area contributed by atoms with Gasteiger partial charge in [-0.3, -0.25) is 14.5 Å². The van der Waals surface area contributed by atoms with E-state index in [1.54, 1.807) is 6.08 Å². The molecule has 1 N–H and O–H groups in total. The third-order valence-corrected chi connectivity index (χ3v) is 6.04. The highest BCUT2D eigenvalue weighted by Gasteiger charge is 2.33. The van der Waals surface area contributed by atoms with Crippen molar-refractivity contribution in [2.24, 2.45) is 0 Å². The van der Waals surface area contributed by atoms with Gasteiger partial charge in [-0.25, -0.2) is 0 Å². The van der Waals surface area contributed by atoms with Crippen molar-refractivity contribution in [1.29, 1.82) is 0 Å². The van der Waals surface area contributed by atoms with E-state index in [1.807, 2.05) is 78.9 Å². The van der Waals surface area contributed by atoms with Gasteiger partial charge in [0.2, 0.25) is 0 Å². The number of hydrogen-bond donors (Lipinski definition) is 1. The van der Waals surface area contributed by atoms with Crippen LogP contribution in [-0.2, 0) is 16.2 Å². The minimum atomic E-state index is -1.12. The van der Waals surface area contributed by atoms with Crippen LogP contribution in [0.3, 0.4) is 0 Å². The van der Waals surface area contributed by atoms with E-state index in [2.05, 4.69) is 0 Å². The molecule has 1 saturated heterocycles. The van der Waals surface area contributed by atoms with E-state index in [9.17, 15) is 9.59 Å². The Bertz CT molecular complexity index is 1210. The standard InChI is InChI=1S/C25H19NO5S2/c27-23(28)15-26-24(29)22(33-25(26)32)14-17-11-12-21(31-20-9-5-2-6-10-20)18(13-17)16-30-19-7-3-1-4-8-19/h1-14H,15-16H2,(H,27,28)/b22-14-. The number of carboxylic acid groups (broad SMARTS) is 1. The molecule has 0 bridgehead atoms. The zero-order valence-corrected chi connectivity index (χ0v) is 19.0. The molecule has 1 aliphatic rings. The van der Waals surface area contributed by atoms with Crippen LogP contribution in [0.5, 0.6) is 17.2 Å². The summed E-state index contributed by atoms with van der Waals surface area (Å²) in [5, 5.41) is 9.02. The first-order valence-electron chi connectivity index (χ1n) is 10.0. The van der Waals surface area contributed by atoms with Crippen LogP contribution in [0.15, 0.2) is 83.8 Å². The Kier molecular flexibility index (Phi) is 7.07. The molecule has 6 nitrogen and oxygen atoms in total. The minimum Gasteiger partial charge on any atom is -0.489 e. The molecule has 1 fully saturated rings. The van der Waals surface area contributed by atoms with Crippen LogP contribution in [-0.4, -0.2) is 32.7 Å². The number of benzene rings is 3. The molecule has 1 amide bonds. The van der Waals surface area contributed by atoms with Gasteiger partial charge in [-0.15, -0.1) is 0 Å². The Hall–Kier alpha value is -3.62. The van der Waals surface area contributed by atoms with Gasteiger partial charge in [-0.1, -0.05) is 66.4 Å². The summed E-state index contributed by atoms with van der Waals surface area (Å²) in [7, 11) is 0. The Morgan fingerprint density at radius 1 is 1.00 bits per heavy atom. The lowest BCUT2D eigenvalue weighted by atomic mass is 10.1. The first-order valence-corrected chi connectivity index (χ1v) is 11.2. The van der Waals surface area contributed by atoms with E-state index in [4.69, 9.17) is 26.8 Å². The molecule has 3 aromatic carbocycles. The van der Waals surface area contributed by atoms with Crippen LogP contribution >= 0.6 is 24.0 Å². The van der Waals surface area contributed by atoms with Crippen LogP contribution in [0.1, 0.15) is 11.1 Å². The predicted octanol–water partition coefficient (Wildman–Crippen LogP) is 5.34. The van der Waals surface area contributed by atoms with E-state index in [0.29, 0.717) is 16.4 Å².